The first-order valence-corrected chi connectivity index (χ1v) is 12.3. The van der Waals surface area contributed by atoms with Crippen molar-refractivity contribution in [3.8, 4) is 11.5 Å². The first-order valence-electron chi connectivity index (χ1n) is 11.2. The number of carbonyl (C=O) groups excluding carboxylic acids is 1. The van der Waals surface area contributed by atoms with Crippen molar-refractivity contribution < 1.29 is 19.0 Å². The van der Waals surface area contributed by atoms with Crippen LogP contribution in [0.1, 0.15) is 12.0 Å². The summed E-state index contributed by atoms with van der Waals surface area (Å²) >= 11 is 7.81. The van der Waals surface area contributed by atoms with Crippen LogP contribution in [0.25, 0.3) is 16.3 Å². The third-order valence-electron chi connectivity index (χ3n) is 5.64. The number of morpholine rings is 1. The Morgan fingerprint density at radius 1 is 1.21 bits per heavy atom. The highest BCUT2D eigenvalue weighted by Crippen LogP contribution is 2.33. The average Bonchev–Trinajstić information content (AvgIpc) is 3.31. The Hall–Kier alpha value is -2.65. The summed E-state index contributed by atoms with van der Waals surface area (Å²) in [5.41, 5.74) is 1.56. The fourth-order valence-corrected chi connectivity index (χ4v) is 5.11. The van der Waals surface area contributed by atoms with Crippen LogP contribution in [0.3, 0.4) is 0 Å². The molecule has 0 bridgehead atoms. The fraction of sp³-hybridized carbons (Fsp3) is 0.360. The van der Waals surface area contributed by atoms with Gasteiger partial charge in [0, 0.05) is 32.3 Å². The molecule has 0 saturated carbocycles. The molecule has 1 aliphatic rings. The van der Waals surface area contributed by atoms with Gasteiger partial charge in [-0.25, -0.2) is 4.98 Å². The Morgan fingerprint density at radius 3 is 2.74 bits per heavy atom. The molecule has 7 nitrogen and oxygen atoms in total. The third kappa shape index (κ3) is 5.88. The highest BCUT2D eigenvalue weighted by Gasteiger charge is 2.20. The van der Waals surface area contributed by atoms with Gasteiger partial charge in [0.05, 0.1) is 37.2 Å². The minimum Gasteiger partial charge on any atom is -0.493 e. The molecule has 0 unspecified atom stereocenters. The number of methoxy groups -OCH3 is 2. The van der Waals surface area contributed by atoms with Gasteiger partial charge in [0.1, 0.15) is 5.52 Å². The fourth-order valence-electron chi connectivity index (χ4n) is 3.81. The summed E-state index contributed by atoms with van der Waals surface area (Å²) < 4.78 is 17.0. The van der Waals surface area contributed by atoms with Gasteiger partial charge >= 0.3 is 0 Å². The molecule has 2 aromatic carbocycles. The maximum Gasteiger partial charge on any atom is 0.252 e. The van der Waals surface area contributed by atoms with Gasteiger partial charge in [-0.3, -0.25) is 14.6 Å². The molecule has 3 aromatic rings. The van der Waals surface area contributed by atoms with E-state index < -0.39 is 0 Å². The lowest BCUT2D eigenvalue weighted by Gasteiger charge is -2.27. The molecule has 0 spiro atoms. The quantitative estimate of drug-likeness (QED) is 0.395. The summed E-state index contributed by atoms with van der Waals surface area (Å²) in [7, 11) is 3.18. The number of fused-ring (bicyclic) bond motifs is 1. The molecule has 9 heteroatoms. The molecule has 1 aromatic heterocycles. The second-order valence-electron chi connectivity index (χ2n) is 7.83. The largest absolute Gasteiger partial charge is 0.493 e. The van der Waals surface area contributed by atoms with E-state index in [0.29, 0.717) is 28.2 Å². The number of ether oxygens (including phenoxy) is 3. The number of nitrogens with zero attached hydrogens (tertiary/aromatic N) is 3. The zero-order chi connectivity index (χ0) is 23.9. The predicted molar refractivity (Wildman–Crippen MR) is 137 cm³/mol. The van der Waals surface area contributed by atoms with Gasteiger partial charge in [-0.15, -0.1) is 0 Å². The van der Waals surface area contributed by atoms with Crippen LogP contribution in [-0.2, 0) is 9.53 Å². The van der Waals surface area contributed by atoms with Crippen molar-refractivity contribution >= 4 is 50.3 Å². The molecule has 0 atom stereocenters. The predicted octanol–water partition coefficient (Wildman–Crippen LogP) is 4.74. The first kappa shape index (κ1) is 24.5. The summed E-state index contributed by atoms with van der Waals surface area (Å²) in [5.74, 6) is 1.12. The number of para-hydroxylation sites is 1. The van der Waals surface area contributed by atoms with Crippen molar-refractivity contribution in [1.29, 1.82) is 0 Å². The molecule has 1 saturated heterocycles. The Kier molecular flexibility index (Phi) is 8.39. The van der Waals surface area contributed by atoms with Crippen molar-refractivity contribution in [3.05, 3.63) is 53.1 Å². The average molecular weight is 502 g/mol. The maximum absolute atomic E-state index is 13.3. The molecular formula is C25H28ClN3O4S. The van der Waals surface area contributed by atoms with Crippen LogP contribution in [0.4, 0.5) is 5.13 Å². The Balaban J connectivity index is 1.54. The van der Waals surface area contributed by atoms with Gasteiger partial charge in [0.15, 0.2) is 16.6 Å². The van der Waals surface area contributed by atoms with E-state index in [1.54, 1.807) is 31.3 Å². The first-order chi connectivity index (χ1) is 16.6. The van der Waals surface area contributed by atoms with E-state index >= 15 is 0 Å². The number of hydrogen-bond donors (Lipinski definition) is 0. The minimum atomic E-state index is -0.132. The lowest BCUT2D eigenvalue weighted by molar-refractivity contribution is -0.114. The van der Waals surface area contributed by atoms with Crippen LogP contribution in [-0.4, -0.2) is 69.4 Å². The normalized spacial score (nSPS) is 14.6. The zero-order valence-electron chi connectivity index (χ0n) is 19.3. The third-order valence-corrected chi connectivity index (χ3v) is 6.99. The summed E-state index contributed by atoms with van der Waals surface area (Å²) in [4.78, 5) is 22.1. The highest BCUT2D eigenvalue weighted by molar-refractivity contribution is 7.22. The van der Waals surface area contributed by atoms with E-state index in [0.717, 1.165) is 55.0 Å². The van der Waals surface area contributed by atoms with Crippen LogP contribution in [0.5, 0.6) is 11.5 Å². The van der Waals surface area contributed by atoms with E-state index in [-0.39, 0.29) is 5.91 Å². The standard InChI is InChI=1S/C25H28ClN3O4S/c1-31-20-9-7-18(17-21(20)32-2)8-10-23(30)29(12-4-11-28-13-15-33-16-14-28)25-27-24-19(26)5-3-6-22(24)34-25/h3,5-10,17H,4,11-16H2,1-2H3/b10-8+. The molecule has 1 amide bonds. The summed E-state index contributed by atoms with van der Waals surface area (Å²) in [6.07, 6.45) is 4.18. The van der Waals surface area contributed by atoms with E-state index in [9.17, 15) is 4.79 Å². The monoisotopic (exact) mass is 501 g/mol. The molecule has 0 aliphatic carbocycles. The summed E-state index contributed by atoms with van der Waals surface area (Å²) in [6.45, 7) is 4.82. The molecule has 180 valence electrons. The van der Waals surface area contributed by atoms with Crippen molar-refractivity contribution in [2.24, 2.45) is 0 Å². The van der Waals surface area contributed by atoms with Crippen LogP contribution >= 0.6 is 22.9 Å². The molecule has 4 rings (SSSR count). The lowest BCUT2D eigenvalue weighted by atomic mass is 10.2. The lowest BCUT2D eigenvalue weighted by Crippen LogP contribution is -2.39. The topological polar surface area (TPSA) is 64.1 Å². The number of anilines is 1. The van der Waals surface area contributed by atoms with Crippen molar-refractivity contribution in [3.63, 3.8) is 0 Å². The van der Waals surface area contributed by atoms with E-state index in [1.807, 2.05) is 36.4 Å². The van der Waals surface area contributed by atoms with Crippen molar-refractivity contribution in [2.45, 2.75) is 6.42 Å². The maximum atomic E-state index is 13.3. The van der Waals surface area contributed by atoms with Crippen LogP contribution in [0, 0.1) is 0 Å². The molecular weight excluding hydrogens is 474 g/mol. The summed E-state index contributed by atoms with van der Waals surface area (Å²) in [6, 6.07) is 11.2. The highest BCUT2D eigenvalue weighted by atomic mass is 35.5. The van der Waals surface area contributed by atoms with E-state index in [1.165, 1.54) is 11.3 Å². The van der Waals surface area contributed by atoms with Gasteiger partial charge < -0.3 is 14.2 Å². The number of rotatable bonds is 9. The number of halogens is 1. The Labute approximate surface area is 208 Å². The van der Waals surface area contributed by atoms with Gasteiger partial charge in [-0.2, -0.15) is 0 Å². The van der Waals surface area contributed by atoms with Gasteiger partial charge in [0.2, 0.25) is 0 Å². The van der Waals surface area contributed by atoms with Gasteiger partial charge in [0.25, 0.3) is 5.91 Å². The van der Waals surface area contributed by atoms with Crippen molar-refractivity contribution in [2.75, 3.05) is 58.5 Å². The van der Waals surface area contributed by atoms with E-state index in [4.69, 9.17) is 30.8 Å². The number of hydrogen-bond acceptors (Lipinski definition) is 7. The number of carbonyl (C=O) groups is 1. The van der Waals surface area contributed by atoms with Crippen molar-refractivity contribution in [1.82, 2.24) is 9.88 Å². The van der Waals surface area contributed by atoms with Gasteiger partial charge in [-0.05, 0) is 42.3 Å². The van der Waals surface area contributed by atoms with Gasteiger partial charge in [-0.1, -0.05) is 35.1 Å². The second kappa shape index (κ2) is 11.7. The number of thiazole rings is 1. The smallest absolute Gasteiger partial charge is 0.252 e. The number of aromatic nitrogens is 1. The Morgan fingerprint density at radius 2 is 2.00 bits per heavy atom. The SMILES string of the molecule is COc1ccc(/C=C/C(=O)N(CCCN2CCOCC2)c2nc3c(Cl)cccc3s2)cc1OC. The summed E-state index contributed by atoms with van der Waals surface area (Å²) in [5, 5.41) is 1.23. The molecule has 34 heavy (non-hydrogen) atoms. The molecule has 2 heterocycles. The molecule has 0 radical (unpaired) electrons. The molecule has 1 fully saturated rings. The van der Waals surface area contributed by atoms with E-state index in [2.05, 4.69) is 4.90 Å². The van der Waals surface area contributed by atoms with Crippen LogP contribution in [0.2, 0.25) is 5.02 Å². The zero-order valence-corrected chi connectivity index (χ0v) is 20.9. The van der Waals surface area contributed by atoms with Crippen LogP contribution < -0.4 is 14.4 Å². The second-order valence-corrected chi connectivity index (χ2v) is 9.24. The van der Waals surface area contributed by atoms with Crippen LogP contribution in [0.15, 0.2) is 42.5 Å². The molecule has 0 N–H and O–H groups in total. The number of amides is 1. The molecule has 1 aliphatic heterocycles. The Bertz CT molecular complexity index is 1160. The number of benzene rings is 2. The minimum absolute atomic E-state index is 0.132.